The SMILES string of the molecule is CCNC(CCc1ccc(Cl)cc1F)C(C)C. The normalized spacial score (nSPS) is 13.1. The van der Waals surface area contributed by atoms with E-state index in [-0.39, 0.29) is 5.82 Å². The van der Waals surface area contributed by atoms with Crippen LogP contribution in [-0.2, 0) is 6.42 Å². The molecule has 0 radical (unpaired) electrons. The summed E-state index contributed by atoms with van der Waals surface area (Å²) in [6.07, 6.45) is 1.70. The minimum absolute atomic E-state index is 0.198. The van der Waals surface area contributed by atoms with Crippen molar-refractivity contribution < 1.29 is 4.39 Å². The Bertz CT molecular complexity index is 352. The number of halogens is 2. The molecule has 96 valence electrons. The van der Waals surface area contributed by atoms with Gasteiger partial charge in [-0.15, -0.1) is 0 Å². The Morgan fingerprint density at radius 3 is 2.59 bits per heavy atom. The summed E-state index contributed by atoms with van der Waals surface area (Å²) in [5.74, 6) is 0.363. The molecule has 0 spiro atoms. The van der Waals surface area contributed by atoms with Crippen LogP contribution in [0.2, 0.25) is 5.02 Å². The molecule has 1 rings (SSSR count). The number of hydrogen-bond donors (Lipinski definition) is 1. The van der Waals surface area contributed by atoms with Crippen LogP contribution in [-0.4, -0.2) is 12.6 Å². The topological polar surface area (TPSA) is 12.0 Å². The average Bonchev–Trinajstić information content (AvgIpc) is 2.25. The van der Waals surface area contributed by atoms with E-state index in [1.54, 1.807) is 12.1 Å². The van der Waals surface area contributed by atoms with Gasteiger partial charge in [0.2, 0.25) is 0 Å². The van der Waals surface area contributed by atoms with Gasteiger partial charge in [0.05, 0.1) is 0 Å². The Balaban J connectivity index is 2.59. The predicted molar refractivity (Wildman–Crippen MR) is 72.0 cm³/mol. The Kier molecular flexibility index (Phi) is 5.93. The van der Waals surface area contributed by atoms with Crippen molar-refractivity contribution in [3.8, 4) is 0 Å². The van der Waals surface area contributed by atoms with Crippen LogP contribution in [0.25, 0.3) is 0 Å². The standard InChI is InChI=1S/C14H21ClFN/c1-4-17-14(10(2)3)8-6-11-5-7-12(15)9-13(11)16/h5,7,9-10,14,17H,4,6,8H2,1-3H3. The van der Waals surface area contributed by atoms with E-state index in [0.29, 0.717) is 17.0 Å². The van der Waals surface area contributed by atoms with Crippen LogP contribution < -0.4 is 5.32 Å². The maximum Gasteiger partial charge on any atom is 0.127 e. The number of aryl methyl sites for hydroxylation is 1. The fraction of sp³-hybridized carbons (Fsp3) is 0.571. The molecule has 0 saturated carbocycles. The Hall–Kier alpha value is -0.600. The van der Waals surface area contributed by atoms with Gasteiger partial charge in [-0.2, -0.15) is 0 Å². The first-order chi connectivity index (χ1) is 8.04. The molecule has 0 aliphatic heterocycles. The van der Waals surface area contributed by atoms with Crippen molar-refractivity contribution in [2.75, 3.05) is 6.54 Å². The van der Waals surface area contributed by atoms with E-state index in [1.807, 2.05) is 0 Å². The van der Waals surface area contributed by atoms with E-state index < -0.39 is 0 Å². The van der Waals surface area contributed by atoms with Crippen molar-refractivity contribution in [3.63, 3.8) is 0 Å². The molecular weight excluding hydrogens is 237 g/mol. The zero-order valence-corrected chi connectivity index (χ0v) is 11.5. The second-order valence-electron chi connectivity index (χ2n) is 4.68. The minimum Gasteiger partial charge on any atom is -0.314 e. The van der Waals surface area contributed by atoms with Gasteiger partial charge in [0.1, 0.15) is 5.82 Å². The Morgan fingerprint density at radius 2 is 2.06 bits per heavy atom. The summed E-state index contributed by atoms with van der Waals surface area (Å²) >= 11 is 5.73. The zero-order chi connectivity index (χ0) is 12.8. The van der Waals surface area contributed by atoms with E-state index in [4.69, 9.17) is 11.6 Å². The van der Waals surface area contributed by atoms with Crippen molar-refractivity contribution >= 4 is 11.6 Å². The van der Waals surface area contributed by atoms with E-state index in [0.717, 1.165) is 24.9 Å². The quantitative estimate of drug-likeness (QED) is 0.811. The van der Waals surface area contributed by atoms with Gasteiger partial charge in [-0.25, -0.2) is 4.39 Å². The molecule has 1 nitrogen and oxygen atoms in total. The Labute approximate surface area is 108 Å². The van der Waals surface area contributed by atoms with Crippen LogP contribution in [0, 0.1) is 11.7 Å². The minimum atomic E-state index is -0.198. The van der Waals surface area contributed by atoms with Crippen molar-refractivity contribution in [1.29, 1.82) is 0 Å². The van der Waals surface area contributed by atoms with Gasteiger partial charge in [-0.3, -0.25) is 0 Å². The molecule has 1 atom stereocenters. The third-order valence-corrected chi connectivity index (χ3v) is 3.25. The lowest BCUT2D eigenvalue weighted by molar-refractivity contribution is 0.383. The van der Waals surface area contributed by atoms with Gasteiger partial charge < -0.3 is 5.32 Å². The molecule has 0 saturated heterocycles. The molecule has 1 unspecified atom stereocenters. The van der Waals surface area contributed by atoms with Crippen LogP contribution in [0.15, 0.2) is 18.2 Å². The highest BCUT2D eigenvalue weighted by molar-refractivity contribution is 6.30. The average molecular weight is 258 g/mol. The van der Waals surface area contributed by atoms with Crippen molar-refractivity contribution in [1.82, 2.24) is 5.32 Å². The second kappa shape index (κ2) is 6.97. The van der Waals surface area contributed by atoms with E-state index in [9.17, 15) is 4.39 Å². The molecule has 0 aromatic heterocycles. The third-order valence-electron chi connectivity index (χ3n) is 3.01. The molecule has 1 aromatic carbocycles. The number of benzene rings is 1. The van der Waals surface area contributed by atoms with E-state index in [2.05, 4.69) is 26.1 Å². The fourth-order valence-corrected chi connectivity index (χ4v) is 2.13. The number of hydrogen-bond acceptors (Lipinski definition) is 1. The van der Waals surface area contributed by atoms with Crippen molar-refractivity contribution in [2.24, 2.45) is 5.92 Å². The van der Waals surface area contributed by atoms with E-state index >= 15 is 0 Å². The molecule has 0 heterocycles. The number of nitrogens with one attached hydrogen (secondary N) is 1. The van der Waals surface area contributed by atoms with Gasteiger partial charge >= 0.3 is 0 Å². The smallest absolute Gasteiger partial charge is 0.127 e. The summed E-state index contributed by atoms with van der Waals surface area (Å²) in [5, 5.41) is 3.89. The van der Waals surface area contributed by atoms with Gasteiger partial charge in [-0.1, -0.05) is 38.4 Å². The molecule has 0 aliphatic rings. The van der Waals surface area contributed by atoms with Crippen molar-refractivity contribution in [2.45, 2.75) is 39.7 Å². The summed E-state index contributed by atoms with van der Waals surface area (Å²) in [4.78, 5) is 0. The molecule has 3 heteroatoms. The van der Waals surface area contributed by atoms with Crippen LogP contribution in [0.5, 0.6) is 0 Å². The second-order valence-corrected chi connectivity index (χ2v) is 5.12. The predicted octanol–water partition coefficient (Wildman–Crippen LogP) is 4.05. The summed E-state index contributed by atoms with van der Waals surface area (Å²) < 4.78 is 13.6. The van der Waals surface area contributed by atoms with Crippen LogP contribution >= 0.6 is 11.6 Å². The largest absolute Gasteiger partial charge is 0.314 e. The van der Waals surface area contributed by atoms with Gasteiger partial charge in [-0.05, 0) is 43.0 Å². The summed E-state index contributed by atoms with van der Waals surface area (Å²) in [6, 6.07) is 5.35. The molecule has 0 aliphatic carbocycles. The van der Waals surface area contributed by atoms with Crippen LogP contribution in [0.3, 0.4) is 0 Å². The van der Waals surface area contributed by atoms with Crippen molar-refractivity contribution in [3.05, 3.63) is 34.6 Å². The first kappa shape index (κ1) is 14.5. The molecule has 1 N–H and O–H groups in total. The first-order valence-corrected chi connectivity index (χ1v) is 6.59. The van der Waals surface area contributed by atoms with E-state index in [1.165, 1.54) is 6.07 Å². The van der Waals surface area contributed by atoms with Crippen LogP contribution in [0.1, 0.15) is 32.8 Å². The monoisotopic (exact) mass is 257 g/mol. The third kappa shape index (κ3) is 4.64. The molecule has 17 heavy (non-hydrogen) atoms. The summed E-state index contributed by atoms with van der Waals surface area (Å²) in [5.41, 5.74) is 0.748. The summed E-state index contributed by atoms with van der Waals surface area (Å²) in [7, 11) is 0. The highest BCUT2D eigenvalue weighted by Gasteiger charge is 2.13. The molecule has 1 aromatic rings. The molecule has 0 fully saturated rings. The lowest BCUT2D eigenvalue weighted by atomic mass is 9.96. The summed E-state index contributed by atoms with van der Waals surface area (Å²) in [6.45, 7) is 7.42. The molecule has 0 bridgehead atoms. The van der Waals surface area contributed by atoms with Gasteiger partial charge in [0.15, 0.2) is 0 Å². The van der Waals surface area contributed by atoms with Crippen LogP contribution in [0.4, 0.5) is 4.39 Å². The fourth-order valence-electron chi connectivity index (χ4n) is 1.97. The number of rotatable bonds is 6. The highest BCUT2D eigenvalue weighted by atomic mass is 35.5. The van der Waals surface area contributed by atoms with Gasteiger partial charge in [0, 0.05) is 11.1 Å². The maximum atomic E-state index is 13.6. The zero-order valence-electron chi connectivity index (χ0n) is 10.8. The molecular formula is C14H21ClFN. The first-order valence-electron chi connectivity index (χ1n) is 6.22. The lowest BCUT2D eigenvalue weighted by Gasteiger charge is -2.21. The lowest BCUT2D eigenvalue weighted by Crippen LogP contribution is -2.34. The molecule has 0 amide bonds. The Morgan fingerprint density at radius 1 is 1.35 bits per heavy atom. The van der Waals surface area contributed by atoms with Gasteiger partial charge in [0.25, 0.3) is 0 Å². The highest BCUT2D eigenvalue weighted by Crippen LogP contribution is 2.18. The maximum absolute atomic E-state index is 13.6.